The Morgan fingerprint density at radius 1 is 1.23 bits per heavy atom. The fourth-order valence-electron chi connectivity index (χ4n) is 1.57. The van der Waals surface area contributed by atoms with E-state index in [0.717, 1.165) is 17.4 Å². The molecule has 0 saturated heterocycles. The summed E-state index contributed by atoms with van der Waals surface area (Å²) in [5.74, 6) is -2.30. The minimum atomic E-state index is -4.75. The van der Waals surface area contributed by atoms with Gasteiger partial charge in [0, 0.05) is 6.07 Å². The molecule has 2 aromatic rings. The number of carboxylic acids is 1. The Balaban J connectivity index is 2.45. The number of hydrogen-bond donors (Lipinski definition) is 0. The average molecular weight is 332 g/mol. The minimum absolute atomic E-state index is 0.243. The Morgan fingerprint density at radius 3 is 2.45 bits per heavy atom. The zero-order valence-corrected chi connectivity index (χ0v) is 11.2. The first-order valence-corrected chi connectivity index (χ1v) is 6.40. The van der Waals surface area contributed by atoms with Gasteiger partial charge in [-0.25, -0.2) is 0 Å². The van der Waals surface area contributed by atoms with Crippen molar-refractivity contribution in [1.29, 1.82) is 0 Å². The number of carboxylic acid groups (broad SMARTS) is 1. The van der Waals surface area contributed by atoms with Crippen molar-refractivity contribution in [2.24, 2.45) is 0 Å². The van der Waals surface area contributed by atoms with Crippen LogP contribution in [0.5, 0.6) is 11.5 Å². The SMILES string of the molecule is O=C([O-])c1sccc1Oc1ccc(C(F)(F)F)cc1[N+](=O)[O-]. The summed E-state index contributed by atoms with van der Waals surface area (Å²) >= 11 is 0.762. The number of alkyl halides is 3. The highest BCUT2D eigenvalue weighted by molar-refractivity contribution is 7.12. The lowest BCUT2D eigenvalue weighted by atomic mass is 10.2. The summed E-state index contributed by atoms with van der Waals surface area (Å²) in [4.78, 5) is 20.3. The highest BCUT2D eigenvalue weighted by Crippen LogP contribution is 2.39. The fourth-order valence-corrected chi connectivity index (χ4v) is 2.22. The van der Waals surface area contributed by atoms with Crippen LogP contribution >= 0.6 is 11.3 Å². The monoisotopic (exact) mass is 332 g/mol. The molecule has 1 aromatic carbocycles. The van der Waals surface area contributed by atoms with Crippen molar-refractivity contribution < 1.29 is 32.7 Å². The van der Waals surface area contributed by atoms with E-state index in [-0.39, 0.29) is 10.6 Å². The van der Waals surface area contributed by atoms with Gasteiger partial charge in [0.25, 0.3) is 0 Å². The van der Waals surface area contributed by atoms with Gasteiger partial charge in [-0.2, -0.15) is 13.2 Å². The fraction of sp³-hybridized carbons (Fsp3) is 0.0833. The Morgan fingerprint density at radius 2 is 1.91 bits per heavy atom. The second-order valence-electron chi connectivity index (χ2n) is 3.94. The molecule has 0 aliphatic carbocycles. The lowest BCUT2D eigenvalue weighted by Crippen LogP contribution is -2.21. The highest BCUT2D eigenvalue weighted by atomic mass is 32.1. The predicted octanol–water partition coefficient (Wildman–Crippen LogP) is 2.83. The van der Waals surface area contributed by atoms with Crippen LogP contribution in [-0.4, -0.2) is 10.9 Å². The van der Waals surface area contributed by atoms with E-state index in [0.29, 0.717) is 12.1 Å². The maximum absolute atomic E-state index is 12.6. The van der Waals surface area contributed by atoms with Gasteiger partial charge < -0.3 is 14.6 Å². The lowest BCUT2D eigenvalue weighted by molar-refractivity contribution is -0.385. The van der Waals surface area contributed by atoms with Crippen molar-refractivity contribution in [1.82, 2.24) is 0 Å². The topological polar surface area (TPSA) is 92.5 Å². The molecule has 22 heavy (non-hydrogen) atoms. The quantitative estimate of drug-likeness (QED) is 0.634. The standard InChI is InChI=1S/C12H6F3NO5S/c13-12(14,15)6-1-2-8(7(5-6)16(19)20)21-9-3-4-22-10(9)11(17)18/h1-5H,(H,17,18)/p-1. The maximum Gasteiger partial charge on any atom is 0.416 e. The number of carbonyl (C=O) groups is 1. The van der Waals surface area contributed by atoms with Gasteiger partial charge in [-0.1, -0.05) is 0 Å². The van der Waals surface area contributed by atoms with Gasteiger partial charge in [-0.05, 0) is 23.6 Å². The molecule has 0 bridgehead atoms. The van der Waals surface area contributed by atoms with Crippen LogP contribution in [0.4, 0.5) is 18.9 Å². The van der Waals surface area contributed by atoms with E-state index in [9.17, 15) is 33.2 Å². The molecule has 0 fully saturated rings. The number of rotatable bonds is 4. The zero-order chi connectivity index (χ0) is 16.5. The first-order valence-electron chi connectivity index (χ1n) is 5.52. The summed E-state index contributed by atoms with van der Waals surface area (Å²) in [5, 5.41) is 23.0. The number of halogens is 3. The van der Waals surface area contributed by atoms with Gasteiger partial charge in [-0.3, -0.25) is 10.1 Å². The van der Waals surface area contributed by atoms with Gasteiger partial charge in [0.2, 0.25) is 5.75 Å². The molecule has 1 aromatic heterocycles. The molecule has 1 heterocycles. The Bertz CT molecular complexity index is 741. The van der Waals surface area contributed by atoms with Crippen LogP contribution in [-0.2, 0) is 6.18 Å². The van der Waals surface area contributed by atoms with E-state index in [1.54, 1.807) is 0 Å². The number of nitro groups is 1. The van der Waals surface area contributed by atoms with Gasteiger partial charge in [0.1, 0.15) is 5.75 Å². The normalized spacial score (nSPS) is 11.2. The second kappa shape index (κ2) is 5.64. The Kier molecular flexibility index (Phi) is 4.04. The molecule has 116 valence electrons. The van der Waals surface area contributed by atoms with E-state index in [1.807, 2.05) is 0 Å². The van der Waals surface area contributed by atoms with Crippen LogP contribution in [0.1, 0.15) is 15.2 Å². The summed E-state index contributed by atoms with van der Waals surface area (Å²) in [6.07, 6.45) is -4.75. The number of hydrogen-bond acceptors (Lipinski definition) is 6. The molecule has 0 spiro atoms. The van der Waals surface area contributed by atoms with Crippen LogP contribution in [0.2, 0.25) is 0 Å². The summed E-state index contributed by atoms with van der Waals surface area (Å²) in [6.45, 7) is 0. The van der Waals surface area contributed by atoms with Crippen molar-refractivity contribution in [3.8, 4) is 11.5 Å². The van der Waals surface area contributed by atoms with Gasteiger partial charge >= 0.3 is 11.9 Å². The summed E-state index contributed by atoms with van der Waals surface area (Å²) in [6, 6.07) is 2.91. The van der Waals surface area contributed by atoms with Crippen LogP contribution < -0.4 is 9.84 Å². The zero-order valence-electron chi connectivity index (χ0n) is 10.4. The Labute approximate surface area is 124 Å². The molecule has 0 amide bonds. The largest absolute Gasteiger partial charge is 0.544 e. The molecule has 0 radical (unpaired) electrons. The van der Waals surface area contributed by atoms with Crippen LogP contribution in [0, 0.1) is 10.1 Å². The summed E-state index contributed by atoms with van der Waals surface area (Å²) in [5.41, 5.74) is -2.14. The van der Waals surface area contributed by atoms with Crippen LogP contribution in [0.3, 0.4) is 0 Å². The number of nitro benzene ring substituents is 1. The van der Waals surface area contributed by atoms with Gasteiger partial charge in [0.15, 0.2) is 0 Å². The van der Waals surface area contributed by atoms with E-state index in [1.165, 1.54) is 11.4 Å². The molecule has 10 heteroatoms. The lowest BCUT2D eigenvalue weighted by Gasteiger charge is -2.10. The van der Waals surface area contributed by atoms with Crippen LogP contribution in [0.25, 0.3) is 0 Å². The molecular formula is C12H5F3NO5S-. The van der Waals surface area contributed by atoms with Gasteiger partial charge in [0.05, 0.1) is 21.3 Å². The molecule has 0 unspecified atom stereocenters. The van der Waals surface area contributed by atoms with Gasteiger partial charge in [-0.15, -0.1) is 11.3 Å². The number of thiophene rings is 1. The molecule has 0 aliphatic rings. The van der Waals surface area contributed by atoms with Crippen molar-refractivity contribution >= 4 is 23.0 Å². The smallest absolute Gasteiger partial charge is 0.416 e. The second-order valence-corrected chi connectivity index (χ2v) is 4.86. The third-order valence-electron chi connectivity index (χ3n) is 2.52. The van der Waals surface area contributed by atoms with Crippen molar-refractivity contribution in [2.75, 3.05) is 0 Å². The molecule has 0 atom stereocenters. The van der Waals surface area contributed by atoms with E-state index >= 15 is 0 Å². The van der Waals surface area contributed by atoms with E-state index in [2.05, 4.69) is 0 Å². The number of nitrogens with zero attached hydrogens (tertiary/aromatic N) is 1. The highest BCUT2D eigenvalue weighted by Gasteiger charge is 2.33. The maximum atomic E-state index is 12.6. The van der Waals surface area contributed by atoms with Crippen LogP contribution in [0.15, 0.2) is 29.6 Å². The van der Waals surface area contributed by atoms with Crippen molar-refractivity contribution in [3.05, 3.63) is 50.2 Å². The first-order chi connectivity index (χ1) is 10.2. The predicted molar refractivity (Wildman–Crippen MR) is 66.8 cm³/mol. The van der Waals surface area contributed by atoms with E-state index in [4.69, 9.17) is 4.74 Å². The number of benzene rings is 1. The third-order valence-corrected chi connectivity index (χ3v) is 3.39. The third kappa shape index (κ3) is 3.17. The first kappa shape index (κ1) is 15.8. The number of aromatic carboxylic acids is 1. The minimum Gasteiger partial charge on any atom is -0.544 e. The van der Waals surface area contributed by atoms with Crippen molar-refractivity contribution in [3.63, 3.8) is 0 Å². The molecule has 2 rings (SSSR count). The molecular weight excluding hydrogens is 327 g/mol. The number of ether oxygens (including phenoxy) is 1. The summed E-state index contributed by atoms with van der Waals surface area (Å²) in [7, 11) is 0. The molecule has 6 nitrogen and oxygen atoms in total. The number of carbonyl (C=O) groups excluding carboxylic acids is 1. The molecule has 0 N–H and O–H groups in total. The Hall–Kier alpha value is -2.62. The molecule has 0 aliphatic heterocycles. The van der Waals surface area contributed by atoms with E-state index < -0.39 is 34.1 Å². The summed E-state index contributed by atoms with van der Waals surface area (Å²) < 4.78 is 42.7. The molecule has 0 saturated carbocycles. The average Bonchev–Trinajstić information content (AvgIpc) is 2.86. The van der Waals surface area contributed by atoms with Crippen molar-refractivity contribution in [2.45, 2.75) is 6.18 Å².